The van der Waals surface area contributed by atoms with Gasteiger partial charge in [-0.05, 0) is 69.1 Å². The molecule has 0 aromatic heterocycles. The maximum absolute atomic E-state index is 11.5. The Morgan fingerprint density at radius 1 is 1.32 bits per heavy atom. The minimum atomic E-state index is -0.0428. The molecule has 0 aliphatic carbocycles. The quantitative estimate of drug-likeness (QED) is 0.831. The number of nitrogens with one attached hydrogen (secondary N) is 2. The van der Waals surface area contributed by atoms with E-state index in [1.54, 1.807) is 0 Å². The Bertz CT molecular complexity index is 515. The molecule has 2 rings (SSSR count). The van der Waals surface area contributed by atoms with Crippen LogP contribution in [0.25, 0.3) is 0 Å². The lowest BCUT2D eigenvalue weighted by Crippen LogP contribution is -2.37. The van der Waals surface area contributed by atoms with E-state index < -0.39 is 0 Å². The summed E-state index contributed by atoms with van der Waals surface area (Å²) in [6.45, 7) is 5.37. The highest BCUT2D eigenvalue weighted by Crippen LogP contribution is 2.25. The second kappa shape index (κ2) is 8.13. The van der Waals surface area contributed by atoms with Crippen molar-refractivity contribution in [2.45, 2.75) is 52.0 Å². The lowest BCUT2D eigenvalue weighted by atomic mass is 10.0. The topological polar surface area (TPSA) is 44.4 Å². The van der Waals surface area contributed by atoms with Gasteiger partial charge in [-0.15, -0.1) is 0 Å². The monoisotopic (exact) mass is 319 g/mol. The second-order valence-corrected chi connectivity index (χ2v) is 6.25. The van der Waals surface area contributed by atoms with E-state index in [9.17, 15) is 4.79 Å². The molecular formula is C17H25N3OS. The van der Waals surface area contributed by atoms with Crippen molar-refractivity contribution in [3.63, 3.8) is 0 Å². The fourth-order valence-electron chi connectivity index (χ4n) is 2.80. The van der Waals surface area contributed by atoms with Crippen molar-refractivity contribution in [3.05, 3.63) is 24.3 Å². The molecule has 2 N–H and O–H groups in total. The van der Waals surface area contributed by atoms with E-state index in [0.717, 1.165) is 18.7 Å². The first kappa shape index (κ1) is 16.7. The summed E-state index contributed by atoms with van der Waals surface area (Å²) in [7, 11) is 0. The molecule has 1 fully saturated rings. The lowest BCUT2D eigenvalue weighted by molar-refractivity contribution is -0.119. The molecule has 1 amide bonds. The zero-order valence-electron chi connectivity index (χ0n) is 13.4. The van der Waals surface area contributed by atoms with Crippen LogP contribution in [-0.2, 0) is 4.79 Å². The molecule has 0 bridgehead atoms. The number of rotatable bonds is 4. The van der Waals surface area contributed by atoms with Crippen molar-refractivity contribution >= 4 is 34.6 Å². The largest absolute Gasteiger partial charge is 0.369 e. The number of hydrogen-bond acceptors (Lipinski definition) is 3. The van der Waals surface area contributed by atoms with Gasteiger partial charge in [-0.1, -0.05) is 6.92 Å². The molecule has 1 heterocycles. The molecule has 1 aromatic carbocycles. The van der Waals surface area contributed by atoms with Crippen molar-refractivity contribution in [1.82, 2.24) is 5.32 Å². The number of anilines is 2. The van der Waals surface area contributed by atoms with Crippen LogP contribution < -0.4 is 15.5 Å². The van der Waals surface area contributed by atoms with Crippen LogP contribution in [0.2, 0.25) is 0 Å². The Morgan fingerprint density at radius 3 is 2.68 bits per heavy atom. The van der Waals surface area contributed by atoms with Crippen molar-refractivity contribution in [1.29, 1.82) is 0 Å². The number of carbonyl (C=O) groups excluding carboxylic acids is 1. The number of hydrogen-bond donors (Lipinski definition) is 2. The maximum atomic E-state index is 11.5. The van der Waals surface area contributed by atoms with Gasteiger partial charge in [0, 0.05) is 30.4 Å². The third kappa shape index (κ3) is 4.70. The van der Waals surface area contributed by atoms with Crippen molar-refractivity contribution in [2.75, 3.05) is 16.8 Å². The smallest absolute Gasteiger partial charge is 0.226 e. The average molecular weight is 319 g/mol. The fourth-order valence-corrected chi connectivity index (χ4v) is 3.03. The molecule has 0 radical (unpaired) electrons. The van der Waals surface area contributed by atoms with E-state index in [0.29, 0.717) is 17.6 Å². The summed E-state index contributed by atoms with van der Waals surface area (Å²) >= 11 is 5.15. The average Bonchev–Trinajstić information content (AvgIpc) is 2.49. The van der Waals surface area contributed by atoms with Gasteiger partial charge in [0.05, 0.1) is 0 Å². The summed E-state index contributed by atoms with van der Waals surface area (Å²) < 4.78 is 0. The zero-order chi connectivity index (χ0) is 15.9. The minimum absolute atomic E-state index is 0.0428. The molecular weight excluding hydrogens is 294 g/mol. The molecule has 0 unspecified atom stereocenters. The van der Waals surface area contributed by atoms with Gasteiger partial charge in [0.2, 0.25) is 5.91 Å². The van der Waals surface area contributed by atoms with Crippen LogP contribution >= 0.6 is 12.2 Å². The van der Waals surface area contributed by atoms with Crippen LogP contribution in [0.4, 0.5) is 11.4 Å². The highest BCUT2D eigenvalue weighted by Gasteiger charge is 2.18. The first-order valence-corrected chi connectivity index (χ1v) is 8.48. The third-order valence-electron chi connectivity index (χ3n) is 3.99. The molecule has 1 saturated heterocycles. The predicted octanol–water partition coefficient (Wildman–Crippen LogP) is 3.68. The standard InChI is InChI=1S/C17H25N3OS/c1-3-6-16(21)19-17(22)18-14-8-10-15(11-9-14)20-12-5-4-7-13(20)2/h8-11,13H,3-7,12H2,1-2H3,(H2,18,19,21,22)/t13-/m0/s1. The Morgan fingerprint density at radius 2 is 2.05 bits per heavy atom. The highest BCUT2D eigenvalue weighted by molar-refractivity contribution is 7.80. The van der Waals surface area contributed by atoms with Crippen molar-refractivity contribution in [2.24, 2.45) is 0 Å². The van der Waals surface area contributed by atoms with Crippen LogP contribution in [0.1, 0.15) is 46.0 Å². The summed E-state index contributed by atoms with van der Waals surface area (Å²) in [5.41, 5.74) is 2.15. The molecule has 4 nitrogen and oxygen atoms in total. The summed E-state index contributed by atoms with van der Waals surface area (Å²) in [4.78, 5) is 13.9. The molecule has 1 aliphatic rings. The van der Waals surface area contributed by atoms with E-state index in [4.69, 9.17) is 12.2 Å². The van der Waals surface area contributed by atoms with Gasteiger partial charge in [0.25, 0.3) is 0 Å². The summed E-state index contributed by atoms with van der Waals surface area (Å²) in [5, 5.41) is 6.10. The second-order valence-electron chi connectivity index (χ2n) is 5.84. The van der Waals surface area contributed by atoms with Gasteiger partial charge in [-0.25, -0.2) is 0 Å². The van der Waals surface area contributed by atoms with Crippen LogP contribution in [-0.4, -0.2) is 23.6 Å². The van der Waals surface area contributed by atoms with Gasteiger partial charge in [-0.2, -0.15) is 0 Å². The van der Waals surface area contributed by atoms with Crippen LogP contribution in [0, 0.1) is 0 Å². The predicted molar refractivity (Wildman–Crippen MR) is 96.4 cm³/mol. The van der Waals surface area contributed by atoms with E-state index in [-0.39, 0.29) is 5.91 Å². The molecule has 1 aliphatic heterocycles. The lowest BCUT2D eigenvalue weighted by Gasteiger charge is -2.35. The number of benzene rings is 1. The molecule has 1 atom stereocenters. The molecule has 0 saturated carbocycles. The number of carbonyl (C=O) groups is 1. The molecule has 5 heteroatoms. The Labute approximate surface area is 138 Å². The van der Waals surface area contributed by atoms with Gasteiger partial charge in [0.1, 0.15) is 0 Å². The molecule has 1 aromatic rings. The van der Waals surface area contributed by atoms with E-state index in [2.05, 4.69) is 34.6 Å². The van der Waals surface area contributed by atoms with Crippen LogP contribution in [0.5, 0.6) is 0 Å². The third-order valence-corrected chi connectivity index (χ3v) is 4.19. The zero-order valence-corrected chi connectivity index (χ0v) is 14.2. The summed E-state index contributed by atoms with van der Waals surface area (Å²) in [6, 6.07) is 8.84. The highest BCUT2D eigenvalue weighted by atomic mass is 32.1. The SMILES string of the molecule is CCCC(=O)NC(=S)Nc1ccc(N2CCCC[C@@H]2C)cc1. The fraction of sp³-hybridized carbons (Fsp3) is 0.529. The van der Waals surface area contributed by atoms with E-state index in [1.165, 1.54) is 24.9 Å². The van der Waals surface area contributed by atoms with Crippen molar-refractivity contribution in [3.8, 4) is 0 Å². The summed E-state index contributed by atoms with van der Waals surface area (Å²) in [6.07, 6.45) is 5.15. The first-order chi connectivity index (χ1) is 10.6. The van der Waals surface area contributed by atoms with Crippen molar-refractivity contribution < 1.29 is 4.79 Å². The Kier molecular flexibility index (Phi) is 6.19. The van der Waals surface area contributed by atoms with E-state index >= 15 is 0 Å². The maximum Gasteiger partial charge on any atom is 0.226 e. The number of nitrogens with zero attached hydrogens (tertiary/aromatic N) is 1. The first-order valence-electron chi connectivity index (χ1n) is 8.07. The van der Waals surface area contributed by atoms with Gasteiger partial charge >= 0.3 is 0 Å². The van der Waals surface area contributed by atoms with Crippen LogP contribution in [0.3, 0.4) is 0 Å². The molecule has 120 valence electrons. The Balaban J connectivity index is 1.91. The normalized spacial score (nSPS) is 17.9. The van der Waals surface area contributed by atoms with Gasteiger partial charge < -0.3 is 15.5 Å². The number of thiocarbonyl (C=S) groups is 1. The van der Waals surface area contributed by atoms with Crippen LogP contribution in [0.15, 0.2) is 24.3 Å². The minimum Gasteiger partial charge on any atom is -0.369 e. The molecule has 0 spiro atoms. The Hall–Kier alpha value is -1.62. The number of piperidine rings is 1. The van der Waals surface area contributed by atoms with Gasteiger partial charge in [-0.3, -0.25) is 4.79 Å². The van der Waals surface area contributed by atoms with E-state index in [1.807, 2.05) is 19.1 Å². The van der Waals surface area contributed by atoms with Gasteiger partial charge in [0.15, 0.2) is 5.11 Å². The number of amides is 1. The summed E-state index contributed by atoms with van der Waals surface area (Å²) in [5.74, 6) is -0.0428. The molecule has 22 heavy (non-hydrogen) atoms.